The molecule has 3 N–H and O–H groups in total. The molecule has 11 nitrogen and oxygen atoms in total. The zero-order valence-electron chi connectivity index (χ0n) is 26.3. The molecule has 2 fully saturated rings. The second-order valence-electron chi connectivity index (χ2n) is 12.3. The van der Waals surface area contributed by atoms with E-state index in [1.165, 1.54) is 12.8 Å². The molecular weight excluding hydrogens is 566 g/mol. The molecule has 0 amide bonds. The van der Waals surface area contributed by atoms with Crippen LogP contribution in [0, 0.1) is 0 Å². The number of nitrogens with zero attached hydrogens (tertiary/aromatic N) is 7. The second-order valence-corrected chi connectivity index (χ2v) is 12.3. The van der Waals surface area contributed by atoms with Gasteiger partial charge in [0.2, 0.25) is 0 Å². The minimum Gasteiger partial charge on any atom is -0.496 e. The minimum atomic E-state index is 0.281. The van der Waals surface area contributed by atoms with Crippen LogP contribution in [0.3, 0.4) is 0 Å². The SMILES string of the molecule is COCCCN1CCN([C@H]2CC[C@@H](n3nc(-c4ccc5[nH]c(Cc6ccccc6OC)nc5c4)c4c(N)ncnc43)CC2)CC1. The third-order valence-corrected chi connectivity index (χ3v) is 9.63. The van der Waals surface area contributed by atoms with E-state index in [-0.39, 0.29) is 6.04 Å². The summed E-state index contributed by atoms with van der Waals surface area (Å²) >= 11 is 0. The Bertz CT molecular complexity index is 1750. The standard InChI is InChI=1S/C34H43N9O2/c1-44-19-5-14-41-15-17-42(18-16-41)25-9-11-26(12-10-25)43-34-31(33(35)36-22-37-34)32(40-43)24-8-13-27-28(20-24)39-30(38-27)21-23-6-3-4-7-29(23)45-2/h3-4,6-8,13,20,22,25-26H,5,9-12,14-19,21H2,1-2H3,(H,38,39)(H2,35,36,37)/t25-,26+. The van der Waals surface area contributed by atoms with Crippen molar-refractivity contribution in [2.75, 3.05) is 59.3 Å². The molecular formula is C34H43N9O2. The predicted octanol–water partition coefficient (Wildman–Crippen LogP) is 4.69. The lowest BCUT2D eigenvalue weighted by molar-refractivity contribution is 0.0662. The summed E-state index contributed by atoms with van der Waals surface area (Å²) in [6, 6.07) is 15.2. The van der Waals surface area contributed by atoms with Crippen LogP contribution >= 0.6 is 0 Å². The van der Waals surface area contributed by atoms with Crippen molar-refractivity contribution in [3.05, 3.63) is 60.2 Å². The van der Waals surface area contributed by atoms with Gasteiger partial charge in [-0.1, -0.05) is 24.3 Å². The highest BCUT2D eigenvalue weighted by Gasteiger charge is 2.31. The van der Waals surface area contributed by atoms with E-state index >= 15 is 0 Å². The first kappa shape index (κ1) is 29.6. The highest BCUT2D eigenvalue weighted by atomic mass is 16.5. The van der Waals surface area contributed by atoms with Crippen LogP contribution in [0.25, 0.3) is 33.3 Å². The van der Waals surface area contributed by atoms with E-state index in [9.17, 15) is 0 Å². The largest absolute Gasteiger partial charge is 0.496 e. The van der Waals surface area contributed by atoms with Crippen LogP contribution in [0.1, 0.15) is 49.5 Å². The number of rotatable bonds is 10. The number of fused-ring (bicyclic) bond motifs is 2. The van der Waals surface area contributed by atoms with Crippen molar-refractivity contribution in [3.63, 3.8) is 0 Å². The Kier molecular flexibility index (Phi) is 8.64. The van der Waals surface area contributed by atoms with Gasteiger partial charge < -0.3 is 25.1 Å². The Morgan fingerprint density at radius 1 is 0.956 bits per heavy atom. The fourth-order valence-corrected chi connectivity index (χ4v) is 7.22. The summed E-state index contributed by atoms with van der Waals surface area (Å²) in [4.78, 5) is 22.7. The first-order valence-corrected chi connectivity index (χ1v) is 16.2. The number of H-pyrrole nitrogens is 1. The Morgan fingerprint density at radius 2 is 1.76 bits per heavy atom. The normalized spacial score (nSPS) is 19.9. The van der Waals surface area contributed by atoms with Gasteiger partial charge in [0.1, 0.15) is 29.4 Å². The topological polar surface area (TPSA) is 123 Å². The van der Waals surface area contributed by atoms with Crippen LogP contribution in [0.15, 0.2) is 48.8 Å². The quantitative estimate of drug-likeness (QED) is 0.217. The van der Waals surface area contributed by atoms with Crippen molar-refractivity contribution in [1.82, 2.24) is 39.5 Å². The molecule has 0 bridgehead atoms. The van der Waals surface area contributed by atoms with Gasteiger partial charge in [0.15, 0.2) is 5.65 Å². The first-order valence-electron chi connectivity index (χ1n) is 16.2. The number of nitrogen functional groups attached to an aromatic ring is 1. The van der Waals surface area contributed by atoms with Gasteiger partial charge in [-0.15, -0.1) is 0 Å². The van der Waals surface area contributed by atoms with Gasteiger partial charge in [0, 0.05) is 70.0 Å². The third kappa shape index (κ3) is 6.12. The molecule has 2 aromatic carbocycles. The molecule has 1 aliphatic carbocycles. The van der Waals surface area contributed by atoms with Crippen molar-refractivity contribution in [2.45, 2.75) is 50.6 Å². The first-order chi connectivity index (χ1) is 22.1. The average molecular weight is 610 g/mol. The van der Waals surface area contributed by atoms with Crippen LogP contribution in [0.5, 0.6) is 5.75 Å². The zero-order chi connectivity index (χ0) is 30.8. The van der Waals surface area contributed by atoms with Gasteiger partial charge in [-0.05, 0) is 50.3 Å². The number of hydrogen-bond donors (Lipinski definition) is 2. The van der Waals surface area contributed by atoms with Crippen LogP contribution < -0.4 is 10.5 Å². The average Bonchev–Trinajstić information content (AvgIpc) is 3.67. The molecule has 0 unspecified atom stereocenters. The van der Waals surface area contributed by atoms with E-state index in [1.54, 1.807) is 20.5 Å². The number of para-hydroxylation sites is 1. The molecule has 0 radical (unpaired) electrons. The number of hydrogen-bond acceptors (Lipinski definition) is 9. The Hall–Kier alpha value is -4.06. The van der Waals surface area contributed by atoms with Crippen LogP contribution in [0.4, 0.5) is 5.82 Å². The van der Waals surface area contributed by atoms with E-state index < -0.39 is 0 Å². The zero-order valence-corrected chi connectivity index (χ0v) is 26.3. The number of piperazine rings is 1. The molecule has 0 atom stereocenters. The number of benzene rings is 2. The van der Waals surface area contributed by atoms with Crippen LogP contribution in [-0.2, 0) is 11.2 Å². The highest BCUT2D eigenvalue weighted by molar-refractivity contribution is 5.99. The molecule has 1 aliphatic heterocycles. The van der Waals surface area contributed by atoms with Gasteiger partial charge in [-0.3, -0.25) is 4.90 Å². The number of nitrogens with one attached hydrogen (secondary N) is 1. The summed E-state index contributed by atoms with van der Waals surface area (Å²) in [6.07, 6.45) is 7.79. The summed E-state index contributed by atoms with van der Waals surface area (Å²) in [6.45, 7) is 6.57. The molecule has 2 aliphatic rings. The molecule has 1 saturated carbocycles. The molecule has 4 heterocycles. The number of aromatic amines is 1. The summed E-state index contributed by atoms with van der Waals surface area (Å²) in [5.41, 5.74) is 12.0. The number of methoxy groups -OCH3 is 2. The predicted molar refractivity (Wildman–Crippen MR) is 176 cm³/mol. The smallest absolute Gasteiger partial charge is 0.164 e. The summed E-state index contributed by atoms with van der Waals surface area (Å²) in [5, 5.41) is 5.99. The lowest BCUT2D eigenvalue weighted by atomic mass is 9.90. The van der Waals surface area contributed by atoms with Crippen LogP contribution in [-0.4, -0.2) is 99.1 Å². The number of aromatic nitrogens is 6. The monoisotopic (exact) mass is 609 g/mol. The van der Waals surface area contributed by atoms with Gasteiger partial charge in [-0.2, -0.15) is 5.10 Å². The molecule has 5 aromatic rings. The van der Waals surface area contributed by atoms with Gasteiger partial charge in [0.25, 0.3) is 0 Å². The van der Waals surface area contributed by atoms with Crippen molar-refractivity contribution in [3.8, 4) is 17.0 Å². The van der Waals surface area contributed by atoms with Crippen molar-refractivity contribution in [2.24, 2.45) is 0 Å². The van der Waals surface area contributed by atoms with Crippen molar-refractivity contribution < 1.29 is 9.47 Å². The number of anilines is 1. The fraction of sp³-hybridized carbons (Fsp3) is 0.471. The molecule has 0 spiro atoms. The van der Waals surface area contributed by atoms with Gasteiger partial charge in [-0.25, -0.2) is 19.6 Å². The van der Waals surface area contributed by atoms with Gasteiger partial charge >= 0.3 is 0 Å². The van der Waals surface area contributed by atoms with E-state index in [1.807, 2.05) is 18.2 Å². The summed E-state index contributed by atoms with van der Waals surface area (Å²) in [7, 11) is 3.48. The molecule has 45 heavy (non-hydrogen) atoms. The maximum Gasteiger partial charge on any atom is 0.164 e. The Morgan fingerprint density at radius 3 is 2.56 bits per heavy atom. The maximum absolute atomic E-state index is 6.48. The van der Waals surface area contributed by atoms with E-state index in [0.29, 0.717) is 18.3 Å². The van der Waals surface area contributed by atoms with Gasteiger partial charge in [0.05, 0.1) is 29.6 Å². The maximum atomic E-state index is 6.48. The van der Waals surface area contributed by atoms with Crippen LogP contribution in [0.2, 0.25) is 0 Å². The molecule has 11 heteroatoms. The third-order valence-electron chi connectivity index (χ3n) is 9.63. The second kappa shape index (κ2) is 13.1. The fourth-order valence-electron chi connectivity index (χ4n) is 7.22. The number of imidazole rings is 1. The van der Waals surface area contributed by atoms with Crippen molar-refractivity contribution >= 4 is 27.9 Å². The van der Waals surface area contributed by atoms with E-state index in [2.05, 4.69) is 48.7 Å². The molecule has 3 aromatic heterocycles. The summed E-state index contributed by atoms with van der Waals surface area (Å²) < 4.78 is 12.9. The molecule has 7 rings (SSSR count). The van der Waals surface area contributed by atoms with E-state index in [4.69, 9.17) is 30.3 Å². The van der Waals surface area contributed by atoms with E-state index in [0.717, 1.165) is 109 Å². The lowest BCUT2D eigenvalue weighted by Gasteiger charge is -2.42. The Balaban J connectivity index is 1.08. The summed E-state index contributed by atoms with van der Waals surface area (Å²) in [5.74, 6) is 2.20. The van der Waals surface area contributed by atoms with Crippen molar-refractivity contribution in [1.29, 1.82) is 0 Å². The number of ether oxygens (including phenoxy) is 2. The minimum absolute atomic E-state index is 0.281. The number of nitrogens with two attached hydrogens (primary N) is 1. The molecule has 236 valence electrons. The lowest BCUT2D eigenvalue weighted by Crippen LogP contribution is -2.51. The molecule has 1 saturated heterocycles. The Labute approximate surface area is 263 Å². The highest BCUT2D eigenvalue weighted by Crippen LogP contribution is 2.37.